The summed E-state index contributed by atoms with van der Waals surface area (Å²) in [6, 6.07) is 10.1. The zero-order valence-corrected chi connectivity index (χ0v) is 17.1. The van der Waals surface area contributed by atoms with Gasteiger partial charge in [-0.1, -0.05) is 30.7 Å². The average molecular weight is 416 g/mol. The van der Waals surface area contributed by atoms with Crippen LogP contribution in [0.5, 0.6) is 0 Å². The highest BCUT2D eigenvalue weighted by Crippen LogP contribution is 2.32. The van der Waals surface area contributed by atoms with Crippen LogP contribution in [0.2, 0.25) is 5.02 Å². The van der Waals surface area contributed by atoms with Crippen LogP contribution in [0, 0.1) is 23.0 Å². The molecule has 0 aliphatic rings. The normalized spacial score (nSPS) is 12.7. The number of fused-ring (bicyclic) bond motifs is 1. The molecule has 1 heterocycles. The minimum atomic E-state index is -1.01. The Kier molecular flexibility index (Phi) is 5.72. The van der Waals surface area contributed by atoms with Crippen molar-refractivity contribution in [2.75, 3.05) is 0 Å². The van der Waals surface area contributed by atoms with Crippen LogP contribution in [0.25, 0.3) is 11.0 Å². The van der Waals surface area contributed by atoms with Crippen LogP contribution < -0.4 is 0 Å². The number of carbonyl (C=O) groups excluding carboxylic acids is 1. The van der Waals surface area contributed by atoms with Gasteiger partial charge in [0.1, 0.15) is 5.52 Å². The summed E-state index contributed by atoms with van der Waals surface area (Å²) in [4.78, 5) is 16.6. The number of carbonyl (C=O) groups is 1. The maximum Gasteiger partial charge on any atom is 0.184 e. The van der Waals surface area contributed by atoms with E-state index in [-0.39, 0.29) is 30.2 Å². The Hall–Kier alpha value is -2.78. The van der Waals surface area contributed by atoms with Crippen molar-refractivity contribution in [2.24, 2.45) is 0 Å². The standard InChI is InChI=1S/C22H20ClF2N3O/c1-13(14-4-5-16(17(23)9-14)22(2,3)11-26)8-15(29)10-28-12-27-19-7-6-18(24)20(25)21(19)28/h4-7,9,12-13H,8,10H2,1-3H3. The van der Waals surface area contributed by atoms with Crippen molar-refractivity contribution in [3.8, 4) is 6.07 Å². The van der Waals surface area contributed by atoms with E-state index in [4.69, 9.17) is 11.6 Å². The third kappa shape index (κ3) is 4.15. The van der Waals surface area contributed by atoms with Gasteiger partial charge in [0.05, 0.1) is 29.9 Å². The molecule has 0 bridgehead atoms. The van der Waals surface area contributed by atoms with Gasteiger partial charge in [-0.15, -0.1) is 0 Å². The molecule has 0 aliphatic carbocycles. The Morgan fingerprint density at radius 2 is 2.03 bits per heavy atom. The fourth-order valence-electron chi connectivity index (χ4n) is 3.34. The Morgan fingerprint density at radius 1 is 1.31 bits per heavy atom. The molecular formula is C22H20ClF2N3O. The maximum atomic E-state index is 14.1. The molecule has 0 N–H and O–H groups in total. The molecule has 1 aromatic heterocycles. The Bertz CT molecular complexity index is 1130. The third-order valence-corrected chi connectivity index (χ3v) is 5.38. The first-order valence-electron chi connectivity index (χ1n) is 9.15. The van der Waals surface area contributed by atoms with Crippen LogP contribution in [0.15, 0.2) is 36.7 Å². The van der Waals surface area contributed by atoms with Gasteiger partial charge < -0.3 is 4.57 Å². The molecule has 150 valence electrons. The smallest absolute Gasteiger partial charge is 0.184 e. The second kappa shape index (κ2) is 7.92. The summed E-state index contributed by atoms with van der Waals surface area (Å²) in [7, 11) is 0. The van der Waals surface area contributed by atoms with Gasteiger partial charge in [-0.2, -0.15) is 5.26 Å². The lowest BCUT2D eigenvalue weighted by Gasteiger charge is -2.19. The van der Waals surface area contributed by atoms with Crippen molar-refractivity contribution < 1.29 is 13.6 Å². The predicted molar refractivity (Wildman–Crippen MR) is 108 cm³/mol. The van der Waals surface area contributed by atoms with Crippen molar-refractivity contribution in [2.45, 2.75) is 45.1 Å². The summed E-state index contributed by atoms with van der Waals surface area (Å²) in [5.41, 5.74) is 1.17. The van der Waals surface area contributed by atoms with E-state index in [0.29, 0.717) is 10.5 Å². The van der Waals surface area contributed by atoms with E-state index in [1.807, 2.05) is 19.1 Å². The van der Waals surface area contributed by atoms with E-state index in [1.165, 1.54) is 17.0 Å². The molecule has 29 heavy (non-hydrogen) atoms. The number of nitriles is 1. The Morgan fingerprint density at radius 3 is 2.69 bits per heavy atom. The number of halogens is 3. The van der Waals surface area contributed by atoms with Gasteiger partial charge in [0.25, 0.3) is 0 Å². The fourth-order valence-corrected chi connectivity index (χ4v) is 3.76. The van der Waals surface area contributed by atoms with Gasteiger partial charge in [0.2, 0.25) is 0 Å². The lowest BCUT2D eigenvalue weighted by Crippen LogP contribution is -2.15. The highest BCUT2D eigenvalue weighted by atomic mass is 35.5. The first-order chi connectivity index (χ1) is 13.6. The molecule has 0 aliphatic heterocycles. The summed E-state index contributed by atoms with van der Waals surface area (Å²) < 4.78 is 28.9. The third-order valence-electron chi connectivity index (χ3n) is 5.07. The van der Waals surface area contributed by atoms with Crippen LogP contribution in [-0.4, -0.2) is 15.3 Å². The van der Waals surface area contributed by atoms with Gasteiger partial charge in [0.15, 0.2) is 17.4 Å². The van der Waals surface area contributed by atoms with E-state index in [1.54, 1.807) is 19.9 Å². The van der Waals surface area contributed by atoms with E-state index in [9.17, 15) is 18.8 Å². The maximum absolute atomic E-state index is 14.1. The number of hydrogen-bond donors (Lipinski definition) is 0. The van der Waals surface area contributed by atoms with Crippen LogP contribution in [0.1, 0.15) is 44.2 Å². The highest BCUT2D eigenvalue weighted by Gasteiger charge is 2.24. The van der Waals surface area contributed by atoms with Crippen LogP contribution in [0.3, 0.4) is 0 Å². The predicted octanol–water partition coefficient (Wildman–Crippen LogP) is 5.53. The molecule has 0 fully saturated rings. The molecule has 4 nitrogen and oxygen atoms in total. The van der Waals surface area contributed by atoms with Crippen molar-refractivity contribution in [1.82, 2.24) is 9.55 Å². The SMILES string of the molecule is CC(CC(=O)Cn1cnc2ccc(F)c(F)c21)c1ccc(C(C)(C)C#N)c(Cl)c1. The number of imidazole rings is 1. The molecule has 1 unspecified atom stereocenters. The Balaban J connectivity index is 1.76. The number of benzene rings is 2. The van der Waals surface area contributed by atoms with Gasteiger partial charge >= 0.3 is 0 Å². The number of aromatic nitrogens is 2. The van der Waals surface area contributed by atoms with Gasteiger partial charge in [-0.25, -0.2) is 13.8 Å². The van der Waals surface area contributed by atoms with E-state index in [0.717, 1.165) is 17.2 Å². The lowest BCUT2D eigenvalue weighted by molar-refractivity contribution is -0.119. The summed E-state index contributed by atoms with van der Waals surface area (Å²) in [6.45, 7) is 5.37. The molecule has 0 saturated heterocycles. The first kappa shape index (κ1) is 20.9. The number of nitrogens with zero attached hydrogens (tertiary/aromatic N) is 3. The van der Waals surface area contributed by atoms with Crippen LogP contribution in [0.4, 0.5) is 8.78 Å². The zero-order valence-electron chi connectivity index (χ0n) is 16.3. The molecule has 3 rings (SSSR count). The Labute approximate surface area is 172 Å². The number of ketones is 1. The van der Waals surface area contributed by atoms with E-state index in [2.05, 4.69) is 11.1 Å². The molecule has 0 saturated carbocycles. The molecule has 7 heteroatoms. The van der Waals surface area contributed by atoms with E-state index >= 15 is 0 Å². The van der Waals surface area contributed by atoms with Crippen molar-refractivity contribution in [3.63, 3.8) is 0 Å². The molecule has 2 aromatic carbocycles. The quantitative estimate of drug-likeness (QED) is 0.531. The van der Waals surface area contributed by atoms with Crippen LogP contribution in [-0.2, 0) is 16.8 Å². The number of hydrogen-bond acceptors (Lipinski definition) is 3. The minimum Gasteiger partial charge on any atom is -0.321 e. The second-order valence-corrected chi connectivity index (χ2v) is 8.13. The summed E-state index contributed by atoms with van der Waals surface area (Å²) >= 11 is 6.36. The zero-order chi connectivity index (χ0) is 21.3. The summed E-state index contributed by atoms with van der Waals surface area (Å²) in [5.74, 6) is -2.26. The van der Waals surface area contributed by atoms with E-state index < -0.39 is 17.0 Å². The minimum absolute atomic E-state index is 0.0165. The topological polar surface area (TPSA) is 58.7 Å². The van der Waals surface area contributed by atoms with Crippen molar-refractivity contribution >= 4 is 28.4 Å². The van der Waals surface area contributed by atoms with Crippen LogP contribution >= 0.6 is 11.6 Å². The fraction of sp³-hybridized carbons (Fsp3) is 0.318. The molecule has 0 radical (unpaired) electrons. The number of rotatable bonds is 6. The van der Waals surface area contributed by atoms with Crippen molar-refractivity contribution in [1.29, 1.82) is 5.26 Å². The molecular weight excluding hydrogens is 396 g/mol. The summed E-state index contributed by atoms with van der Waals surface area (Å²) in [6.07, 6.45) is 1.54. The summed E-state index contributed by atoms with van der Waals surface area (Å²) in [5, 5.41) is 9.77. The molecule has 1 atom stereocenters. The molecule has 3 aromatic rings. The lowest BCUT2D eigenvalue weighted by atomic mass is 9.84. The average Bonchev–Trinajstić information content (AvgIpc) is 3.07. The molecule has 0 spiro atoms. The monoisotopic (exact) mass is 415 g/mol. The first-order valence-corrected chi connectivity index (χ1v) is 9.53. The van der Waals surface area contributed by atoms with Gasteiger partial charge in [0, 0.05) is 11.4 Å². The highest BCUT2D eigenvalue weighted by molar-refractivity contribution is 6.31. The van der Waals surface area contributed by atoms with Crippen molar-refractivity contribution in [3.05, 3.63) is 64.4 Å². The number of Topliss-reactive ketones (excluding diaryl/α,β-unsaturated/α-hetero) is 1. The largest absolute Gasteiger partial charge is 0.321 e. The second-order valence-electron chi connectivity index (χ2n) is 7.72. The van der Waals surface area contributed by atoms with Gasteiger partial charge in [-0.3, -0.25) is 4.79 Å². The van der Waals surface area contributed by atoms with Gasteiger partial charge in [-0.05, 0) is 49.1 Å². The molecule has 0 amide bonds.